The molecule has 1 atom stereocenters. The van der Waals surface area contributed by atoms with Crippen LogP contribution in [0.25, 0.3) is 11.3 Å². The first-order chi connectivity index (χ1) is 15.6. The van der Waals surface area contributed by atoms with Gasteiger partial charge in [-0.05, 0) is 61.4 Å². The molecule has 1 unspecified atom stereocenters. The van der Waals surface area contributed by atoms with Gasteiger partial charge in [0, 0.05) is 18.3 Å². The van der Waals surface area contributed by atoms with Crippen LogP contribution in [0.2, 0.25) is 0 Å². The minimum absolute atomic E-state index is 0.0226. The van der Waals surface area contributed by atoms with Crippen LogP contribution in [-0.4, -0.2) is 33.5 Å². The molecule has 32 heavy (non-hydrogen) atoms. The third-order valence-electron chi connectivity index (χ3n) is 6.76. The average Bonchev–Trinajstić information content (AvgIpc) is 3.41. The van der Waals surface area contributed by atoms with Crippen molar-refractivity contribution in [2.45, 2.75) is 52.1 Å². The molecule has 3 aliphatic rings. The van der Waals surface area contributed by atoms with Crippen molar-refractivity contribution in [3.8, 4) is 0 Å². The van der Waals surface area contributed by atoms with Crippen molar-refractivity contribution in [3.05, 3.63) is 88.7 Å². The molecule has 0 saturated heterocycles. The number of rotatable bonds is 5. The number of carbonyl (C=O) groups excluding carboxylic acids is 1. The lowest BCUT2D eigenvalue weighted by molar-refractivity contribution is 0.0735. The summed E-state index contributed by atoms with van der Waals surface area (Å²) in [7, 11) is 1.68. The van der Waals surface area contributed by atoms with Crippen LogP contribution < -0.4 is 0 Å². The number of benzene rings is 1. The summed E-state index contributed by atoms with van der Waals surface area (Å²) < 4.78 is 7.66. The van der Waals surface area contributed by atoms with E-state index in [-0.39, 0.29) is 11.9 Å². The lowest BCUT2D eigenvalue weighted by atomic mass is 9.91. The topological polar surface area (TPSA) is 47.4 Å². The molecule has 0 spiro atoms. The number of hydrogen-bond acceptors (Lipinski definition) is 3. The summed E-state index contributed by atoms with van der Waals surface area (Å²) in [6, 6.07) is 6.36. The van der Waals surface area contributed by atoms with Gasteiger partial charge in [0.2, 0.25) is 0 Å². The number of ether oxygens (including phenoxy) is 1. The van der Waals surface area contributed by atoms with Crippen molar-refractivity contribution >= 4 is 17.2 Å². The standard InChI is InChI=1S/C27H29N3O2/c1-4-19-5-7-20(8-6-19)21-9-10-22-16-30(27(31)24(22)13-21)23-11-12-25(26(14-23)32-3)29-15-18(2)28-17-29/h5,7,9-10,12-15,17,23H,4,6,8,11,16H2,1-3H3. The number of fused-ring (bicyclic) bond motifs is 1. The zero-order chi connectivity index (χ0) is 22.2. The van der Waals surface area contributed by atoms with Gasteiger partial charge in [0.1, 0.15) is 5.76 Å². The van der Waals surface area contributed by atoms with Crippen molar-refractivity contribution in [2.75, 3.05) is 7.11 Å². The lowest BCUT2D eigenvalue weighted by Crippen LogP contribution is -2.35. The van der Waals surface area contributed by atoms with E-state index in [1.54, 1.807) is 13.4 Å². The van der Waals surface area contributed by atoms with Crippen molar-refractivity contribution in [1.29, 1.82) is 0 Å². The number of allylic oxidation sites excluding steroid dienone is 5. The summed E-state index contributed by atoms with van der Waals surface area (Å²) in [5.74, 6) is 0.879. The number of aromatic nitrogens is 2. The van der Waals surface area contributed by atoms with Crippen molar-refractivity contribution in [3.63, 3.8) is 0 Å². The van der Waals surface area contributed by atoms with Gasteiger partial charge in [-0.1, -0.05) is 42.9 Å². The van der Waals surface area contributed by atoms with Gasteiger partial charge in [-0.25, -0.2) is 4.98 Å². The summed E-state index contributed by atoms with van der Waals surface area (Å²) in [6.07, 6.45) is 16.5. The smallest absolute Gasteiger partial charge is 0.255 e. The Kier molecular flexibility index (Phi) is 5.33. The number of nitrogens with zero attached hydrogens (tertiary/aromatic N) is 3. The molecule has 164 valence electrons. The molecule has 1 amide bonds. The highest BCUT2D eigenvalue weighted by atomic mass is 16.5. The Morgan fingerprint density at radius 1 is 1.22 bits per heavy atom. The Hall–Kier alpha value is -3.34. The molecular formula is C27H29N3O2. The highest BCUT2D eigenvalue weighted by Gasteiger charge is 2.34. The molecule has 1 aliphatic heterocycles. The number of hydrogen-bond donors (Lipinski definition) is 0. The molecule has 0 radical (unpaired) electrons. The molecule has 1 aromatic heterocycles. The van der Waals surface area contributed by atoms with Crippen molar-refractivity contribution < 1.29 is 9.53 Å². The van der Waals surface area contributed by atoms with Gasteiger partial charge in [0.15, 0.2) is 0 Å². The van der Waals surface area contributed by atoms with Crippen molar-refractivity contribution in [2.24, 2.45) is 0 Å². The Bertz CT molecular complexity index is 1200. The largest absolute Gasteiger partial charge is 0.495 e. The zero-order valence-electron chi connectivity index (χ0n) is 19.0. The summed E-state index contributed by atoms with van der Waals surface area (Å²) in [5, 5.41) is 0. The summed E-state index contributed by atoms with van der Waals surface area (Å²) in [5.41, 5.74) is 7.85. The second-order valence-corrected chi connectivity index (χ2v) is 8.73. The first-order valence-corrected chi connectivity index (χ1v) is 11.4. The Morgan fingerprint density at radius 2 is 2.09 bits per heavy atom. The molecule has 0 fully saturated rings. The number of imidazole rings is 1. The lowest BCUT2D eigenvalue weighted by Gasteiger charge is -2.28. The maximum atomic E-state index is 13.4. The average molecular weight is 428 g/mol. The van der Waals surface area contributed by atoms with Crippen LogP contribution in [-0.2, 0) is 11.3 Å². The second-order valence-electron chi connectivity index (χ2n) is 8.73. The Labute approximate surface area is 189 Å². The number of amides is 1. The van der Waals surface area contributed by atoms with Gasteiger partial charge in [-0.2, -0.15) is 0 Å². The maximum absolute atomic E-state index is 13.4. The normalized spacial score (nSPS) is 20.4. The van der Waals surface area contributed by atoms with Gasteiger partial charge in [0.25, 0.3) is 5.91 Å². The minimum atomic E-state index is -0.0226. The van der Waals surface area contributed by atoms with E-state index in [9.17, 15) is 4.79 Å². The SMILES string of the molecule is CCC1=CC=C(c2ccc3c(c2)C(=O)N(C2C=C(OC)C(n4cnc(C)c4)=CC2)C3)CC1. The third-order valence-corrected chi connectivity index (χ3v) is 6.76. The maximum Gasteiger partial charge on any atom is 0.255 e. The second kappa shape index (κ2) is 8.30. The molecule has 5 heteroatoms. The summed E-state index contributed by atoms with van der Waals surface area (Å²) >= 11 is 0. The number of carbonyl (C=O) groups is 1. The van der Waals surface area contributed by atoms with Crippen LogP contribution >= 0.6 is 0 Å². The fourth-order valence-electron chi connectivity index (χ4n) is 4.84. The first-order valence-electron chi connectivity index (χ1n) is 11.4. The van der Waals surface area contributed by atoms with Crippen LogP contribution in [0.15, 0.2) is 66.4 Å². The zero-order valence-corrected chi connectivity index (χ0v) is 19.0. The van der Waals surface area contributed by atoms with E-state index in [1.807, 2.05) is 22.6 Å². The molecule has 0 bridgehead atoms. The molecule has 2 aromatic rings. The Morgan fingerprint density at radius 3 is 2.78 bits per heavy atom. The number of methoxy groups -OCH3 is 1. The molecule has 2 heterocycles. The van der Waals surface area contributed by atoms with Gasteiger partial charge in [-0.3, -0.25) is 4.79 Å². The van der Waals surface area contributed by atoms with Gasteiger partial charge < -0.3 is 14.2 Å². The van der Waals surface area contributed by atoms with Crippen LogP contribution in [0.5, 0.6) is 0 Å². The third kappa shape index (κ3) is 3.62. The predicted molar refractivity (Wildman–Crippen MR) is 127 cm³/mol. The van der Waals surface area contributed by atoms with E-state index >= 15 is 0 Å². The first kappa shape index (κ1) is 20.6. The summed E-state index contributed by atoms with van der Waals surface area (Å²) in [6.45, 7) is 4.81. The molecule has 0 saturated carbocycles. The van der Waals surface area contributed by atoms with E-state index in [2.05, 4.69) is 54.4 Å². The predicted octanol–water partition coefficient (Wildman–Crippen LogP) is 5.50. The molecular weight excluding hydrogens is 398 g/mol. The fourth-order valence-corrected chi connectivity index (χ4v) is 4.84. The van der Waals surface area contributed by atoms with Crippen LogP contribution in [0.4, 0.5) is 0 Å². The van der Waals surface area contributed by atoms with Gasteiger partial charge >= 0.3 is 0 Å². The monoisotopic (exact) mass is 427 g/mol. The van der Waals surface area contributed by atoms with Crippen LogP contribution in [0, 0.1) is 6.92 Å². The molecule has 0 N–H and O–H groups in total. The van der Waals surface area contributed by atoms with Gasteiger partial charge in [0.05, 0.1) is 30.9 Å². The highest BCUT2D eigenvalue weighted by Crippen LogP contribution is 2.34. The fraction of sp³-hybridized carbons (Fsp3) is 0.333. The van der Waals surface area contributed by atoms with Crippen LogP contribution in [0.1, 0.15) is 59.8 Å². The minimum Gasteiger partial charge on any atom is -0.495 e. The molecule has 5 nitrogen and oxygen atoms in total. The Balaban J connectivity index is 1.37. The quantitative estimate of drug-likeness (QED) is 0.633. The van der Waals surface area contributed by atoms with E-state index in [0.29, 0.717) is 6.54 Å². The van der Waals surface area contributed by atoms with E-state index in [1.165, 1.54) is 16.7 Å². The highest BCUT2D eigenvalue weighted by molar-refractivity contribution is 5.99. The number of aryl methyl sites for hydroxylation is 1. The van der Waals surface area contributed by atoms with E-state index in [4.69, 9.17) is 4.74 Å². The summed E-state index contributed by atoms with van der Waals surface area (Å²) in [4.78, 5) is 19.6. The van der Waals surface area contributed by atoms with E-state index in [0.717, 1.165) is 54.0 Å². The van der Waals surface area contributed by atoms with Crippen molar-refractivity contribution in [1.82, 2.24) is 14.5 Å². The molecule has 1 aromatic carbocycles. The van der Waals surface area contributed by atoms with E-state index < -0.39 is 0 Å². The molecule has 5 rings (SSSR count). The molecule has 2 aliphatic carbocycles. The van der Waals surface area contributed by atoms with Gasteiger partial charge in [-0.15, -0.1) is 0 Å². The van der Waals surface area contributed by atoms with Crippen LogP contribution in [0.3, 0.4) is 0 Å².